The van der Waals surface area contributed by atoms with Crippen molar-refractivity contribution in [2.45, 2.75) is 12.5 Å². The number of hydrogen-bond acceptors (Lipinski definition) is 5. The number of halogens is 1. The minimum absolute atomic E-state index is 0.0763. The molecule has 0 radical (unpaired) electrons. The van der Waals surface area contributed by atoms with E-state index in [2.05, 4.69) is 10.2 Å². The van der Waals surface area contributed by atoms with Gasteiger partial charge in [0.05, 0.1) is 6.54 Å². The third-order valence-electron chi connectivity index (χ3n) is 3.52. The predicted molar refractivity (Wildman–Crippen MR) is 79.5 cm³/mol. The largest absolute Gasteiger partial charge is 0.481 e. The number of hydrogen-bond donors (Lipinski definition) is 0. The molecule has 120 valence electrons. The van der Waals surface area contributed by atoms with E-state index in [-0.39, 0.29) is 24.4 Å². The maximum atomic E-state index is 13.4. The van der Waals surface area contributed by atoms with E-state index in [0.29, 0.717) is 25.4 Å². The molecule has 23 heavy (non-hydrogen) atoms. The van der Waals surface area contributed by atoms with Gasteiger partial charge in [0.15, 0.2) is 18.2 Å². The van der Waals surface area contributed by atoms with E-state index < -0.39 is 5.82 Å². The van der Waals surface area contributed by atoms with Crippen molar-refractivity contribution < 1.29 is 18.7 Å². The van der Waals surface area contributed by atoms with Gasteiger partial charge in [0.25, 0.3) is 5.91 Å². The van der Waals surface area contributed by atoms with Crippen LogP contribution in [0.25, 0.3) is 0 Å². The fourth-order valence-corrected chi connectivity index (χ4v) is 2.36. The number of benzene rings is 1. The number of para-hydroxylation sites is 1. The highest BCUT2D eigenvalue weighted by atomic mass is 19.1. The van der Waals surface area contributed by atoms with Crippen LogP contribution in [0.4, 0.5) is 4.39 Å². The molecule has 2 heterocycles. The molecular weight excluding hydrogens is 301 g/mol. The average molecular weight is 317 g/mol. The summed E-state index contributed by atoms with van der Waals surface area (Å²) >= 11 is 0. The minimum Gasteiger partial charge on any atom is -0.481 e. The first-order valence-corrected chi connectivity index (χ1v) is 7.32. The first kappa shape index (κ1) is 15.2. The van der Waals surface area contributed by atoms with Crippen molar-refractivity contribution in [2.75, 3.05) is 19.7 Å². The van der Waals surface area contributed by atoms with E-state index in [0.717, 1.165) is 0 Å². The summed E-state index contributed by atoms with van der Waals surface area (Å²) in [6.45, 7) is 0.833. The van der Waals surface area contributed by atoms with E-state index in [1.807, 2.05) is 0 Å². The van der Waals surface area contributed by atoms with Crippen LogP contribution >= 0.6 is 0 Å². The molecule has 7 heteroatoms. The Labute approximate surface area is 132 Å². The van der Waals surface area contributed by atoms with Crippen LogP contribution in [-0.2, 0) is 4.79 Å². The first-order valence-electron chi connectivity index (χ1n) is 7.32. The molecule has 1 saturated heterocycles. The molecule has 0 bridgehead atoms. The highest BCUT2D eigenvalue weighted by Crippen LogP contribution is 2.18. The van der Waals surface area contributed by atoms with E-state index in [4.69, 9.17) is 9.47 Å². The van der Waals surface area contributed by atoms with E-state index in [9.17, 15) is 9.18 Å². The Balaban J connectivity index is 1.49. The average Bonchev–Trinajstić information content (AvgIpc) is 3.03. The molecule has 1 fully saturated rings. The smallest absolute Gasteiger partial charge is 0.260 e. The normalized spacial score (nSPS) is 17.1. The molecule has 0 spiro atoms. The van der Waals surface area contributed by atoms with Crippen molar-refractivity contribution in [2.24, 2.45) is 0 Å². The molecule has 0 unspecified atom stereocenters. The summed E-state index contributed by atoms with van der Waals surface area (Å²) in [7, 11) is 0. The van der Waals surface area contributed by atoms with E-state index >= 15 is 0 Å². The Kier molecular flexibility index (Phi) is 4.65. The molecular formula is C16H16FN3O3. The van der Waals surface area contributed by atoms with Crippen molar-refractivity contribution >= 4 is 5.91 Å². The Hall–Kier alpha value is -2.70. The number of ether oxygens (including phenoxy) is 2. The lowest BCUT2D eigenvalue weighted by Gasteiger charge is -2.17. The van der Waals surface area contributed by atoms with Gasteiger partial charge in [-0.05, 0) is 18.2 Å². The van der Waals surface area contributed by atoms with Crippen molar-refractivity contribution in [1.82, 2.24) is 15.1 Å². The van der Waals surface area contributed by atoms with E-state index in [1.54, 1.807) is 35.4 Å². The zero-order valence-electron chi connectivity index (χ0n) is 12.4. The second-order valence-electron chi connectivity index (χ2n) is 5.15. The lowest BCUT2D eigenvalue weighted by Crippen LogP contribution is -2.34. The SMILES string of the molecule is O=C(COc1ccccc1F)N1CC[C@H](Oc2cccnn2)C1. The van der Waals surface area contributed by atoms with Gasteiger partial charge in [0, 0.05) is 25.2 Å². The second-order valence-corrected chi connectivity index (χ2v) is 5.15. The number of nitrogens with zero attached hydrogens (tertiary/aromatic N) is 3. The Morgan fingerprint density at radius 2 is 2.17 bits per heavy atom. The maximum Gasteiger partial charge on any atom is 0.260 e. The third kappa shape index (κ3) is 3.94. The minimum atomic E-state index is -0.481. The van der Waals surface area contributed by atoms with Gasteiger partial charge >= 0.3 is 0 Å². The number of amides is 1. The van der Waals surface area contributed by atoms with Crippen LogP contribution < -0.4 is 9.47 Å². The highest BCUT2D eigenvalue weighted by Gasteiger charge is 2.28. The van der Waals surface area contributed by atoms with Crippen LogP contribution in [-0.4, -0.2) is 46.8 Å². The topological polar surface area (TPSA) is 64.5 Å². The molecule has 3 rings (SSSR count). The number of likely N-dealkylation sites (tertiary alicyclic amines) is 1. The van der Waals surface area contributed by atoms with Gasteiger partial charge in [0.1, 0.15) is 6.10 Å². The maximum absolute atomic E-state index is 13.4. The molecule has 1 aromatic heterocycles. The van der Waals surface area contributed by atoms with Gasteiger partial charge in [-0.15, -0.1) is 5.10 Å². The Morgan fingerprint density at radius 3 is 2.96 bits per heavy atom. The summed E-state index contributed by atoms with van der Waals surface area (Å²) in [6, 6.07) is 9.47. The number of carbonyl (C=O) groups excluding carboxylic acids is 1. The summed E-state index contributed by atoms with van der Waals surface area (Å²) in [5.74, 6) is -0.161. The quantitative estimate of drug-likeness (QED) is 0.839. The summed E-state index contributed by atoms with van der Waals surface area (Å²) in [4.78, 5) is 13.8. The molecule has 1 aliphatic heterocycles. The Bertz CT molecular complexity index is 669. The van der Waals surface area contributed by atoms with Crippen LogP contribution in [0.1, 0.15) is 6.42 Å². The summed E-state index contributed by atoms with van der Waals surface area (Å²) in [5.41, 5.74) is 0. The molecule has 0 saturated carbocycles. The first-order chi connectivity index (χ1) is 11.2. The molecule has 0 aliphatic carbocycles. The summed E-state index contributed by atoms with van der Waals surface area (Å²) in [5, 5.41) is 7.60. The molecule has 1 aromatic carbocycles. The van der Waals surface area contributed by atoms with Crippen LogP contribution in [0.2, 0.25) is 0 Å². The van der Waals surface area contributed by atoms with Crippen molar-refractivity contribution in [3.05, 3.63) is 48.4 Å². The second kappa shape index (κ2) is 7.04. The number of rotatable bonds is 5. The zero-order chi connectivity index (χ0) is 16.1. The summed E-state index contributed by atoms with van der Waals surface area (Å²) in [6.07, 6.45) is 2.16. The van der Waals surface area contributed by atoms with Gasteiger partial charge in [-0.2, -0.15) is 5.10 Å². The van der Waals surface area contributed by atoms with Crippen LogP contribution in [0, 0.1) is 5.82 Å². The van der Waals surface area contributed by atoms with Gasteiger partial charge < -0.3 is 14.4 Å². The molecule has 6 nitrogen and oxygen atoms in total. The monoisotopic (exact) mass is 317 g/mol. The van der Waals surface area contributed by atoms with Crippen LogP contribution in [0.5, 0.6) is 11.6 Å². The van der Waals surface area contributed by atoms with Gasteiger partial charge in [-0.3, -0.25) is 4.79 Å². The van der Waals surface area contributed by atoms with Gasteiger partial charge in [0.2, 0.25) is 5.88 Å². The molecule has 0 N–H and O–H groups in total. The molecule has 2 aromatic rings. The van der Waals surface area contributed by atoms with Gasteiger partial charge in [-0.25, -0.2) is 4.39 Å². The standard InChI is InChI=1S/C16H16FN3O3/c17-13-4-1-2-5-14(13)22-11-16(21)20-9-7-12(10-20)23-15-6-3-8-18-19-15/h1-6,8,12H,7,9-11H2/t12-/m0/s1. The number of aromatic nitrogens is 2. The molecule has 1 amide bonds. The van der Waals surface area contributed by atoms with Gasteiger partial charge in [-0.1, -0.05) is 12.1 Å². The molecule has 1 atom stereocenters. The molecule has 1 aliphatic rings. The lowest BCUT2D eigenvalue weighted by atomic mass is 10.3. The van der Waals surface area contributed by atoms with Crippen molar-refractivity contribution in [3.63, 3.8) is 0 Å². The fourth-order valence-electron chi connectivity index (χ4n) is 2.36. The van der Waals surface area contributed by atoms with Crippen LogP contribution in [0.3, 0.4) is 0 Å². The zero-order valence-corrected chi connectivity index (χ0v) is 12.4. The highest BCUT2D eigenvalue weighted by molar-refractivity contribution is 5.78. The van der Waals surface area contributed by atoms with Crippen molar-refractivity contribution in [1.29, 1.82) is 0 Å². The third-order valence-corrected chi connectivity index (χ3v) is 3.52. The predicted octanol–water partition coefficient (Wildman–Crippen LogP) is 1.67. The van der Waals surface area contributed by atoms with Crippen molar-refractivity contribution in [3.8, 4) is 11.6 Å². The lowest BCUT2D eigenvalue weighted by molar-refractivity contribution is -0.132. The number of carbonyl (C=O) groups is 1. The Morgan fingerprint density at radius 1 is 1.30 bits per heavy atom. The van der Waals surface area contributed by atoms with Crippen LogP contribution in [0.15, 0.2) is 42.6 Å². The fraction of sp³-hybridized carbons (Fsp3) is 0.312. The van der Waals surface area contributed by atoms with E-state index in [1.165, 1.54) is 12.1 Å². The summed E-state index contributed by atoms with van der Waals surface area (Å²) < 4.78 is 24.3.